The molecule has 0 aliphatic heterocycles. The summed E-state index contributed by atoms with van der Waals surface area (Å²) in [7, 11) is 0. The average Bonchev–Trinajstić information content (AvgIpc) is 2.34. The van der Waals surface area contributed by atoms with Crippen LogP contribution in [0.5, 0.6) is 0 Å². The smallest absolute Gasteiger partial charge is 0.303 e. The van der Waals surface area contributed by atoms with Crippen molar-refractivity contribution in [2.75, 3.05) is 11.4 Å². The molecule has 1 aromatic carbocycles. The summed E-state index contributed by atoms with van der Waals surface area (Å²) >= 11 is 0. The van der Waals surface area contributed by atoms with E-state index in [0.717, 1.165) is 5.69 Å². The first kappa shape index (κ1) is 14.0. The Morgan fingerprint density at radius 3 is 2.44 bits per heavy atom. The molecule has 1 aromatic rings. The Bertz CT molecular complexity index is 406. The van der Waals surface area contributed by atoms with Crippen molar-refractivity contribution in [3.8, 4) is 0 Å². The number of carbonyl (C=O) groups excluding carboxylic acids is 1. The summed E-state index contributed by atoms with van der Waals surface area (Å²) < 4.78 is 0. The van der Waals surface area contributed by atoms with Crippen LogP contribution < -0.4 is 10.6 Å². The molecule has 0 fully saturated rings. The number of hydrogen-bond donors (Lipinski definition) is 2. The number of nitrogens with two attached hydrogens (primary N) is 1. The van der Waals surface area contributed by atoms with E-state index >= 15 is 0 Å². The van der Waals surface area contributed by atoms with E-state index in [1.54, 1.807) is 6.92 Å². The largest absolute Gasteiger partial charge is 0.481 e. The second-order valence-corrected chi connectivity index (χ2v) is 4.10. The fourth-order valence-corrected chi connectivity index (χ4v) is 1.72. The van der Waals surface area contributed by atoms with Gasteiger partial charge in [-0.3, -0.25) is 9.59 Å². The maximum atomic E-state index is 11.3. The van der Waals surface area contributed by atoms with Gasteiger partial charge >= 0.3 is 5.97 Å². The van der Waals surface area contributed by atoms with Gasteiger partial charge < -0.3 is 15.7 Å². The molecule has 1 rings (SSSR count). The minimum atomic E-state index is -0.838. The standard InChI is InChI=1S/C13H18N2O3/c1-10(13(14)18)15(9-5-8-12(16)17)11-6-3-2-4-7-11/h2-4,6-7,10H,5,8-9H2,1H3,(H2,14,18)(H,16,17). The van der Waals surface area contributed by atoms with Crippen LogP contribution in [0.25, 0.3) is 0 Å². The van der Waals surface area contributed by atoms with E-state index in [1.165, 1.54) is 0 Å². The van der Waals surface area contributed by atoms with E-state index < -0.39 is 17.9 Å². The lowest BCUT2D eigenvalue weighted by molar-refractivity contribution is -0.137. The molecule has 0 aromatic heterocycles. The Morgan fingerprint density at radius 2 is 1.94 bits per heavy atom. The third-order valence-corrected chi connectivity index (χ3v) is 2.76. The molecule has 1 atom stereocenters. The molecule has 5 nitrogen and oxygen atoms in total. The molecule has 0 saturated heterocycles. The predicted octanol–water partition coefficient (Wildman–Crippen LogP) is 1.23. The highest BCUT2D eigenvalue weighted by Crippen LogP contribution is 2.17. The summed E-state index contributed by atoms with van der Waals surface area (Å²) in [5.74, 6) is -1.26. The monoisotopic (exact) mass is 250 g/mol. The van der Waals surface area contributed by atoms with Crippen LogP contribution in [0, 0.1) is 0 Å². The highest BCUT2D eigenvalue weighted by molar-refractivity contribution is 5.83. The molecule has 0 saturated carbocycles. The minimum Gasteiger partial charge on any atom is -0.481 e. The summed E-state index contributed by atoms with van der Waals surface area (Å²) in [6.45, 7) is 2.20. The van der Waals surface area contributed by atoms with E-state index in [4.69, 9.17) is 10.8 Å². The van der Waals surface area contributed by atoms with Crippen LogP contribution in [0.1, 0.15) is 19.8 Å². The maximum Gasteiger partial charge on any atom is 0.303 e. The first-order valence-electron chi connectivity index (χ1n) is 5.85. The molecule has 0 radical (unpaired) electrons. The number of carbonyl (C=O) groups is 2. The van der Waals surface area contributed by atoms with E-state index in [1.807, 2.05) is 35.2 Å². The number of benzene rings is 1. The first-order chi connectivity index (χ1) is 8.52. The molecule has 0 heterocycles. The van der Waals surface area contributed by atoms with Gasteiger partial charge in [-0.15, -0.1) is 0 Å². The van der Waals surface area contributed by atoms with Crippen LogP contribution in [0.2, 0.25) is 0 Å². The number of hydrogen-bond acceptors (Lipinski definition) is 3. The summed E-state index contributed by atoms with van der Waals surface area (Å²) in [6, 6.07) is 8.91. The van der Waals surface area contributed by atoms with E-state index in [0.29, 0.717) is 13.0 Å². The third-order valence-electron chi connectivity index (χ3n) is 2.76. The van der Waals surface area contributed by atoms with Crippen LogP contribution in [0.15, 0.2) is 30.3 Å². The second-order valence-electron chi connectivity index (χ2n) is 4.10. The van der Waals surface area contributed by atoms with Crippen molar-refractivity contribution in [3.05, 3.63) is 30.3 Å². The number of aliphatic carboxylic acids is 1. The number of anilines is 1. The van der Waals surface area contributed by atoms with E-state index in [2.05, 4.69) is 0 Å². The lowest BCUT2D eigenvalue weighted by Gasteiger charge is -2.29. The van der Waals surface area contributed by atoms with Crippen molar-refractivity contribution in [1.29, 1.82) is 0 Å². The predicted molar refractivity (Wildman–Crippen MR) is 69.3 cm³/mol. The molecule has 18 heavy (non-hydrogen) atoms. The molecule has 98 valence electrons. The Kier molecular flexibility index (Phi) is 5.17. The minimum absolute atomic E-state index is 0.0782. The van der Waals surface area contributed by atoms with Gasteiger partial charge in [0.25, 0.3) is 0 Å². The second kappa shape index (κ2) is 6.64. The van der Waals surface area contributed by atoms with Crippen molar-refractivity contribution in [2.24, 2.45) is 5.73 Å². The SMILES string of the molecule is CC(C(N)=O)N(CCCC(=O)O)c1ccccc1. The number of nitrogens with zero attached hydrogens (tertiary/aromatic N) is 1. The van der Waals surface area contributed by atoms with Crippen molar-refractivity contribution in [2.45, 2.75) is 25.8 Å². The summed E-state index contributed by atoms with van der Waals surface area (Å²) in [4.78, 5) is 23.6. The Balaban J connectivity index is 2.76. The fraction of sp³-hybridized carbons (Fsp3) is 0.385. The number of carboxylic acids is 1. The number of amides is 1. The number of rotatable bonds is 7. The average molecular weight is 250 g/mol. The topological polar surface area (TPSA) is 83.6 Å². The van der Waals surface area contributed by atoms with Crippen molar-refractivity contribution in [3.63, 3.8) is 0 Å². The first-order valence-corrected chi connectivity index (χ1v) is 5.85. The summed E-state index contributed by atoms with van der Waals surface area (Å²) in [5, 5.41) is 8.63. The molecule has 0 bridgehead atoms. The molecule has 0 aliphatic rings. The van der Waals surface area contributed by atoms with Crippen molar-refractivity contribution < 1.29 is 14.7 Å². The molecular formula is C13H18N2O3. The quantitative estimate of drug-likeness (QED) is 0.762. The van der Waals surface area contributed by atoms with Gasteiger partial charge in [0.05, 0.1) is 0 Å². The zero-order valence-electron chi connectivity index (χ0n) is 10.4. The van der Waals surface area contributed by atoms with Gasteiger partial charge in [0, 0.05) is 18.7 Å². The van der Waals surface area contributed by atoms with Crippen LogP contribution in [0.3, 0.4) is 0 Å². The zero-order chi connectivity index (χ0) is 13.5. The highest BCUT2D eigenvalue weighted by Gasteiger charge is 2.19. The van der Waals surface area contributed by atoms with Gasteiger partial charge in [-0.05, 0) is 25.5 Å². The normalized spacial score (nSPS) is 11.8. The Labute approximate surface area is 106 Å². The van der Waals surface area contributed by atoms with Crippen molar-refractivity contribution >= 4 is 17.6 Å². The zero-order valence-corrected chi connectivity index (χ0v) is 10.4. The van der Waals surface area contributed by atoms with Gasteiger partial charge in [-0.25, -0.2) is 0 Å². The number of carboxylic acid groups (broad SMARTS) is 1. The molecule has 1 amide bonds. The van der Waals surface area contributed by atoms with Gasteiger partial charge in [-0.1, -0.05) is 18.2 Å². The van der Waals surface area contributed by atoms with Gasteiger partial charge in [0.2, 0.25) is 5.91 Å². The Hall–Kier alpha value is -2.04. The summed E-state index contributed by atoms with van der Waals surface area (Å²) in [5.41, 5.74) is 6.18. The van der Waals surface area contributed by atoms with E-state index in [9.17, 15) is 9.59 Å². The summed E-state index contributed by atoms with van der Waals surface area (Å²) in [6.07, 6.45) is 0.552. The van der Waals surface area contributed by atoms with Gasteiger partial charge in [0.15, 0.2) is 0 Å². The molecule has 0 spiro atoms. The molecule has 3 N–H and O–H groups in total. The van der Waals surface area contributed by atoms with Crippen LogP contribution in [0.4, 0.5) is 5.69 Å². The molecular weight excluding hydrogens is 232 g/mol. The van der Waals surface area contributed by atoms with Crippen molar-refractivity contribution in [1.82, 2.24) is 0 Å². The van der Waals surface area contributed by atoms with Gasteiger partial charge in [0.1, 0.15) is 6.04 Å². The third kappa shape index (κ3) is 4.08. The fourth-order valence-electron chi connectivity index (χ4n) is 1.72. The molecule has 5 heteroatoms. The maximum absolute atomic E-state index is 11.3. The lowest BCUT2D eigenvalue weighted by atomic mass is 10.2. The Morgan fingerprint density at radius 1 is 1.33 bits per heavy atom. The number of para-hydroxylation sites is 1. The van der Waals surface area contributed by atoms with Crippen LogP contribution >= 0.6 is 0 Å². The molecule has 1 unspecified atom stereocenters. The number of primary amides is 1. The van der Waals surface area contributed by atoms with Gasteiger partial charge in [-0.2, -0.15) is 0 Å². The van der Waals surface area contributed by atoms with Crippen LogP contribution in [-0.2, 0) is 9.59 Å². The highest BCUT2D eigenvalue weighted by atomic mass is 16.4. The van der Waals surface area contributed by atoms with E-state index in [-0.39, 0.29) is 6.42 Å². The van der Waals surface area contributed by atoms with Crippen LogP contribution in [-0.4, -0.2) is 29.6 Å². The molecule has 0 aliphatic carbocycles. The lowest BCUT2D eigenvalue weighted by Crippen LogP contribution is -2.43.